The van der Waals surface area contributed by atoms with Crippen LogP contribution in [-0.4, -0.2) is 12.1 Å². The number of benzene rings is 2. The van der Waals surface area contributed by atoms with Crippen LogP contribution in [0, 0.1) is 0 Å². The normalized spacial score (nSPS) is 14.0. The van der Waals surface area contributed by atoms with E-state index in [1.807, 2.05) is 42.5 Å². The Kier molecular flexibility index (Phi) is 4.18. The Hall–Kier alpha value is -2.75. The second-order valence-corrected chi connectivity index (χ2v) is 6.44. The topological polar surface area (TPSA) is 57.4 Å². The zero-order chi connectivity index (χ0) is 17.2. The highest BCUT2D eigenvalue weighted by Gasteiger charge is 2.16. The first kappa shape index (κ1) is 15.8. The lowest BCUT2D eigenvalue weighted by Crippen LogP contribution is -2.03. The summed E-state index contributed by atoms with van der Waals surface area (Å²) in [5.74, 6) is 2.13. The van der Waals surface area contributed by atoms with Crippen molar-refractivity contribution in [3.63, 3.8) is 0 Å². The quantitative estimate of drug-likeness (QED) is 0.693. The molecule has 0 saturated carbocycles. The van der Waals surface area contributed by atoms with Crippen molar-refractivity contribution in [1.29, 1.82) is 0 Å². The average Bonchev–Trinajstić information content (AvgIpc) is 2.88. The molecule has 0 unspecified atom stereocenters. The smallest absolute Gasteiger partial charge is 0.169 e. The molecule has 0 fully saturated rings. The number of fused-ring (bicyclic) bond motifs is 2. The summed E-state index contributed by atoms with van der Waals surface area (Å²) in [5.41, 5.74) is 10.7. The van der Waals surface area contributed by atoms with Gasteiger partial charge in [-0.2, -0.15) is 0 Å². The Labute approximate surface area is 147 Å². The largest absolute Gasteiger partial charge is 0.493 e. The molecule has 0 spiro atoms. The number of methoxy groups -OCH3 is 1. The molecule has 0 aliphatic heterocycles. The van der Waals surface area contributed by atoms with Crippen molar-refractivity contribution in [2.24, 2.45) is 0 Å². The lowest BCUT2D eigenvalue weighted by atomic mass is 10.0. The number of aromatic nitrogens is 1. The van der Waals surface area contributed by atoms with E-state index in [0.717, 1.165) is 35.2 Å². The minimum absolute atomic E-state index is 0.686. The molecule has 4 rings (SSSR count). The molecule has 1 aromatic heterocycles. The van der Waals surface area contributed by atoms with Crippen LogP contribution in [0.5, 0.6) is 17.2 Å². The van der Waals surface area contributed by atoms with Crippen LogP contribution in [0.4, 0.5) is 5.69 Å². The van der Waals surface area contributed by atoms with Gasteiger partial charge in [0.05, 0.1) is 12.6 Å². The molecule has 0 bridgehead atoms. The third kappa shape index (κ3) is 3.00. The summed E-state index contributed by atoms with van der Waals surface area (Å²) in [6.45, 7) is 0. The minimum atomic E-state index is 0.686. The molecule has 128 valence electrons. The summed E-state index contributed by atoms with van der Waals surface area (Å²) in [7, 11) is 1.64. The summed E-state index contributed by atoms with van der Waals surface area (Å²) in [5, 5.41) is 0.966. The van der Waals surface area contributed by atoms with Gasteiger partial charge < -0.3 is 15.2 Å². The van der Waals surface area contributed by atoms with Crippen molar-refractivity contribution in [3.05, 3.63) is 53.7 Å². The molecule has 4 nitrogen and oxygen atoms in total. The van der Waals surface area contributed by atoms with Gasteiger partial charge in [0.15, 0.2) is 11.5 Å². The minimum Gasteiger partial charge on any atom is -0.493 e. The van der Waals surface area contributed by atoms with Gasteiger partial charge in [-0.05, 0) is 61.6 Å². The zero-order valence-electron chi connectivity index (χ0n) is 14.4. The van der Waals surface area contributed by atoms with Gasteiger partial charge in [-0.1, -0.05) is 18.6 Å². The van der Waals surface area contributed by atoms with Crippen molar-refractivity contribution in [3.8, 4) is 17.2 Å². The highest BCUT2D eigenvalue weighted by atomic mass is 16.5. The number of para-hydroxylation sites is 2. The molecular formula is C21H22N2O2. The number of nitrogens with two attached hydrogens (primary N) is 1. The second-order valence-electron chi connectivity index (χ2n) is 6.44. The zero-order valence-corrected chi connectivity index (χ0v) is 14.4. The molecule has 1 aliphatic rings. The maximum absolute atomic E-state index is 6.51. The molecule has 2 N–H and O–H groups in total. The molecule has 0 radical (unpaired) electrons. The lowest BCUT2D eigenvalue weighted by molar-refractivity contribution is 0.379. The summed E-state index contributed by atoms with van der Waals surface area (Å²) >= 11 is 0. The van der Waals surface area contributed by atoms with Gasteiger partial charge in [0, 0.05) is 16.8 Å². The molecule has 1 aliphatic carbocycles. The molecular weight excluding hydrogens is 312 g/mol. The lowest BCUT2D eigenvalue weighted by Gasteiger charge is -2.14. The number of nitrogen functional groups attached to an aromatic ring is 1. The number of rotatable bonds is 3. The Balaban J connectivity index is 1.76. The first-order valence-corrected chi connectivity index (χ1v) is 8.78. The Morgan fingerprint density at radius 3 is 2.60 bits per heavy atom. The van der Waals surface area contributed by atoms with Crippen molar-refractivity contribution < 1.29 is 9.47 Å². The average molecular weight is 334 g/mol. The van der Waals surface area contributed by atoms with Gasteiger partial charge >= 0.3 is 0 Å². The van der Waals surface area contributed by atoms with Crippen LogP contribution in [0.2, 0.25) is 0 Å². The Bertz CT molecular complexity index is 921. The van der Waals surface area contributed by atoms with Crippen molar-refractivity contribution in [1.82, 2.24) is 4.98 Å². The van der Waals surface area contributed by atoms with Gasteiger partial charge in [-0.25, -0.2) is 0 Å². The summed E-state index contributed by atoms with van der Waals surface area (Å²) in [6, 6.07) is 13.5. The first-order chi connectivity index (χ1) is 12.3. The van der Waals surface area contributed by atoms with E-state index in [9.17, 15) is 0 Å². The summed E-state index contributed by atoms with van der Waals surface area (Å²) < 4.78 is 11.4. The predicted octanol–water partition coefficient (Wildman–Crippen LogP) is 4.89. The number of hydrogen-bond acceptors (Lipinski definition) is 4. The molecule has 1 heterocycles. The van der Waals surface area contributed by atoms with Gasteiger partial charge in [0.2, 0.25) is 0 Å². The number of nitrogens with zero attached hydrogens (tertiary/aromatic N) is 1. The van der Waals surface area contributed by atoms with Crippen LogP contribution in [0.25, 0.3) is 10.9 Å². The maximum Gasteiger partial charge on any atom is 0.169 e. The molecule has 4 heteroatoms. The third-order valence-electron chi connectivity index (χ3n) is 4.82. The van der Waals surface area contributed by atoms with Gasteiger partial charge in [0.1, 0.15) is 5.75 Å². The van der Waals surface area contributed by atoms with E-state index in [1.165, 1.54) is 30.5 Å². The van der Waals surface area contributed by atoms with Crippen molar-refractivity contribution >= 4 is 16.6 Å². The number of hydrogen-bond donors (Lipinski definition) is 1. The van der Waals surface area contributed by atoms with E-state index in [1.54, 1.807) is 7.11 Å². The fourth-order valence-electron chi connectivity index (χ4n) is 3.51. The third-order valence-corrected chi connectivity index (χ3v) is 4.82. The van der Waals surface area contributed by atoms with E-state index in [4.69, 9.17) is 20.2 Å². The molecule has 0 atom stereocenters. The van der Waals surface area contributed by atoms with Crippen LogP contribution in [0.3, 0.4) is 0 Å². The van der Waals surface area contributed by atoms with E-state index in [0.29, 0.717) is 11.5 Å². The highest BCUT2D eigenvalue weighted by molar-refractivity contribution is 5.93. The summed E-state index contributed by atoms with van der Waals surface area (Å²) in [6.07, 6.45) is 5.66. The predicted molar refractivity (Wildman–Crippen MR) is 100 cm³/mol. The van der Waals surface area contributed by atoms with Crippen LogP contribution in [0.1, 0.15) is 30.5 Å². The van der Waals surface area contributed by atoms with Crippen molar-refractivity contribution in [2.45, 2.75) is 32.1 Å². The SMILES string of the molecule is COc1ccccc1Oc1ccc2nc3c(c(N)c2c1)CCCCC3. The fraction of sp³-hybridized carbons (Fsp3) is 0.286. The number of anilines is 1. The number of aryl methyl sites for hydroxylation is 1. The number of pyridine rings is 1. The first-order valence-electron chi connectivity index (χ1n) is 8.78. The van der Waals surface area contributed by atoms with E-state index in [-0.39, 0.29) is 0 Å². The Morgan fingerprint density at radius 1 is 0.960 bits per heavy atom. The second kappa shape index (κ2) is 6.63. The standard InChI is InChI=1S/C21H22N2O2/c1-24-19-9-5-6-10-20(19)25-14-11-12-18-16(13-14)21(22)15-7-3-2-4-8-17(15)23-18/h5-6,9-13H,2-4,7-8H2,1H3,(H2,22,23). The molecule has 0 amide bonds. The van der Waals surface area contributed by atoms with Gasteiger partial charge in [-0.15, -0.1) is 0 Å². The maximum atomic E-state index is 6.51. The van der Waals surface area contributed by atoms with Crippen LogP contribution in [-0.2, 0) is 12.8 Å². The van der Waals surface area contributed by atoms with E-state index < -0.39 is 0 Å². The van der Waals surface area contributed by atoms with Crippen molar-refractivity contribution in [2.75, 3.05) is 12.8 Å². The number of ether oxygens (including phenoxy) is 2. The molecule has 3 aromatic rings. The monoisotopic (exact) mass is 334 g/mol. The fourth-order valence-corrected chi connectivity index (χ4v) is 3.51. The van der Waals surface area contributed by atoms with Gasteiger partial charge in [-0.3, -0.25) is 4.98 Å². The van der Waals surface area contributed by atoms with E-state index in [2.05, 4.69) is 0 Å². The molecule has 0 saturated heterocycles. The van der Waals surface area contributed by atoms with Crippen LogP contribution >= 0.6 is 0 Å². The Morgan fingerprint density at radius 2 is 1.76 bits per heavy atom. The van der Waals surface area contributed by atoms with Crippen LogP contribution < -0.4 is 15.2 Å². The molecule has 25 heavy (non-hydrogen) atoms. The summed E-state index contributed by atoms with van der Waals surface area (Å²) in [4.78, 5) is 4.86. The van der Waals surface area contributed by atoms with Crippen LogP contribution in [0.15, 0.2) is 42.5 Å². The molecule has 2 aromatic carbocycles. The van der Waals surface area contributed by atoms with Gasteiger partial charge in [0.25, 0.3) is 0 Å². The highest BCUT2D eigenvalue weighted by Crippen LogP contribution is 2.35. The van der Waals surface area contributed by atoms with E-state index >= 15 is 0 Å².